The van der Waals surface area contributed by atoms with Crippen LogP contribution in [0.3, 0.4) is 0 Å². The van der Waals surface area contributed by atoms with Crippen molar-refractivity contribution in [3.05, 3.63) is 34.2 Å². The second kappa shape index (κ2) is 8.62. The lowest BCUT2D eigenvalue weighted by Gasteiger charge is -2.22. The lowest BCUT2D eigenvalue weighted by molar-refractivity contribution is -0.121. The van der Waals surface area contributed by atoms with Gasteiger partial charge >= 0.3 is 0 Å². The highest BCUT2D eigenvalue weighted by molar-refractivity contribution is 7.91. The number of amides is 1. The quantitative estimate of drug-likeness (QED) is 0.660. The first-order chi connectivity index (χ1) is 11.8. The minimum atomic E-state index is -2.90. The van der Waals surface area contributed by atoms with Crippen LogP contribution in [0.15, 0.2) is 23.0 Å². The summed E-state index contributed by atoms with van der Waals surface area (Å²) in [5.74, 6) is 0.382. The number of aryl methyl sites for hydroxylation is 1. The molecule has 2 rings (SSSR count). The highest BCUT2D eigenvalue weighted by Crippen LogP contribution is 2.16. The molecule has 0 unspecified atom stereocenters. The van der Waals surface area contributed by atoms with Crippen LogP contribution in [-0.4, -0.2) is 61.5 Å². The third-order valence-corrected chi connectivity index (χ3v) is 6.42. The van der Waals surface area contributed by atoms with E-state index in [9.17, 15) is 18.0 Å². The summed E-state index contributed by atoms with van der Waals surface area (Å²) in [6, 6.07) is 5.18. The fraction of sp³-hybridized carbons (Fsp3) is 0.647. The van der Waals surface area contributed by atoms with Gasteiger partial charge in [0.15, 0.2) is 9.84 Å². The summed E-state index contributed by atoms with van der Waals surface area (Å²) in [5, 5.41) is 2.85. The van der Waals surface area contributed by atoms with E-state index in [-0.39, 0.29) is 29.0 Å². The summed E-state index contributed by atoms with van der Waals surface area (Å²) in [6.45, 7) is 3.52. The van der Waals surface area contributed by atoms with Crippen LogP contribution < -0.4 is 10.9 Å². The predicted molar refractivity (Wildman–Crippen MR) is 97.4 cm³/mol. The van der Waals surface area contributed by atoms with Crippen molar-refractivity contribution in [1.29, 1.82) is 0 Å². The monoisotopic (exact) mass is 369 g/mol. The lowest BCUT2D eigenvalue weighted by Crippen LogP contribution is -2.36. The third-order valence-electron chi connectivity index (χ3n) is 4.67. The molecule has 0 aromatic carbocycles. The fourth-order valence-electron chi connectivity index (χ4n) is 3.05. The molecule has 0 aliphatic carbocycles. The van der Waals surface area contributed by atoms with Gasteiger partial charge in [0.2, 0.25) is 5.91 Å². The highest BCUT2D eigenvalue weighted by atomic mass is 32.2. The van der Waals surface area contributed by atoms with Gasteiger partial charge in [-0.1, -0.05) is 6.07 Å². The van der Waals surface area contributed by atoms with Gasteiger partial charge in [-0.25, -0.2) is 8.42 Å². The van der Waals surface area contributed by atoms with Crippen LogP contribution in [0, 0.1) is 6.92 Å². The van der Waals surface area contributed by atoms with E-state index < -0.39 is 9.84 Å². The standard InChI is InChI=1S/C17H27N3O4S/c1-14-5-3-6-17(22)20(14)10-4-9-18-16(21)7-11-19(2)15-8-12-25(23,24)13-15/h3,5-6,15H,4,7-13H2,1-2H3,(H,18,21)/t15-/m0/s1. The molecule has 0 saturated carbocycles. The first-order valence-electron chi connectivity index (χ1n) is 8.62. The van der Waals surface area contributed by atoms with E-state index in [1.165, 1.54) is 6.07 Å². The second-order valence-electron chi connectivity index (χ2n) is 6.65. The van der Waals surface area contributed by atoms with Crippen molar-refractivity contribution in [2.45, 2.75) is 38.8 Å². The SMILES string of the molecule is Cc1cccc(=O)n1CCCNC(=O)CCN(C)[C@H]1CCS(=O)(=O)C1. The maximum Gasteiger partial charge on any atom is 0.250 e. The Bertz CT molecular complexity index is 757. The van der Waals surface area contributed by atoms with Gasteiger partial charge in [0.1, 0.15) is 0 Å². The first kappa shape index (κ1) is 19.7. The number of hydrogen-bond acceptors (Lipinski definition) is 5. The number of rotatable bonds is 8. The smallest absolute Gasteiger partial charge is 0.250 e. The van der Waals surface area contributed by atoms with Crippen molar-refractivity contribution in [1.82, 2.24) is 14.8 Å². The van der Waals surface area contributed by atoms with Crippen LogP contribution in [0.2, 0.25) is 0 Å². The summed E-state index contributed by atoms with van der Waals surface area (Å²) >= 11 is 0. The highest BCUT2D eigenvalue weighted by Gasteiger charge is 2.30. The Kier molecular flexibility index (Phi) is 6.78. The maximum atomic E-state index is 11.9. The summed E-state index contributed by atoms with van der Waals surface area (Å²) in [7, 11) is -1.04. The molecule has 0 spiro atoms. The average molecular weight is 369 g/mol. The molecule has 0 radical (unpaired) electrons. The number of carbonyl (C=O) groups is 1. The molecule has 1 fully saturated rings. The van der Waals surface area contributed by atoms with E-state index in [1.54, 1.807) is 10.6 Å². The number of nitrogens with zero attached hydrogens (tertiary/aromatic N) is 2. The van der Waals surface area contributed by atoms with E-state index in [2.05, 4.69) is 5.32 Å². The van der Waals surface area contributed by atoms with E-state index in [0.29, 0.717) is 38.9 Å². The number of hydrogen-bond donors (Lipinski definition) is 1. The zero-order valence-electron chi connectivity index (χ0n) is 14.9. The number of pyridine rings is 1. The Morgan fingerprint density at radius 1 is 1.40 bits per heavy atom. The van der Waals surface area contributed by atoms with Crippen LogP contribution >= 0.6 is 0 Å². The van der Waals surface area contributed by atoms with Crippen LogP contribution in [0.5, 0.6) is 0 Å². The molecule has 1 N–H and O–H groups in total. The van der Waals surface area contributed by atoms with Crippen molar-refractivity contribution >= 4 is 15.7 Å². The van der Waals surface area contributed by atoms with Crippen LogP contribution in [0.1, 0.15) is 25.0 Å². The topological polar surface area (TPSA) is 88.5 Å². The van der Waals surface area contributed by atoms with Gasteiger partial charge in [0.05, 0.1) is 11.5 Å². The molecule has 1 aliphatic rings. The normalized spacial score (nSPS) is 19.2. The van der Waals surface area contributed by atoms with Gasteiger partial charge in [0.25, 0.3) is 5.56 Å². The van der Waals surface area contributed by atoms with Crippen molar-refractivity contribution in [2.24, 2.45) is 0 Å². The third kappa shape index (κ3) is 5.97. The van der Waals surface area contributed by atoms with E-state index in [1.807, 2.05) is 24.9 Å². The fourth-order valence-corrected chi connectivity index (χ4v) is 4.85. The van der Waals surface area contributed by atoms with Gasteiger partial charge in [-0.15, -0.1) is 0 Å². The van der Waals surface area contributed by atoms with E-state index in [0.717, 1.165) is 5.69 Å². The number of aromatic nitrogens is 1. The summed E-state index contributed by atoms with van der Waals surface area (Å²) in [6.07, 6.45) is 1.68. The number of nitrogens with one attached hydrogen (secondary N) is 1. The molecule has 2 heterocycles. The molecule has 7 nitrogen and oxygen atoms in total. The molecule has 1 aliphatic heterocycles. The molecule has 140 valence electrons. The van der Waals surface area contributed by atoms with Crippen LogP contribution in [0.25, 0.3) is 0 Å². The van der Waals surface area contributed by atoms with Crippen molar-refractivity contribution in [3.8, 4) is 0 Å². The van der Waals surface area contributed by atoms with Crippen LogP contribution in [0.4, 0.5) is 0 Å². The molecule has 1 aromatic heterocycles. The molecule has 1 amide bonds. The zero-order chi connectivity index (χ0) is 18.4. The number of sulfone groups is 1. The lowest BCUT2D eigenvalue weighted by atomic mass is 10.2. The Labute approximate surface area is 148 Å². The van der Waals surface area contributed by atoms with Crippen molar-refractivity contribution in [2.75, 3.05) is 31.6 Å². The molecule has 1 aromatic rings. The van der Waals surface area contributed by atoms with Gasteiger partial charge < -0.3 is 14.8 Å². The van der Waals surface area contributed by atoms with E-state index >= 15 is 0 Å². The Morgan fingerprint density at radius 2 is 2.16 bits per heavy atom. The maximum absolute atomic E-state index is 11.9. The predicted octanol–water partition coefficient (Wildman–Crippen LogP) is 0.172. The molecule has 0 bridgehead atoms. The van der Waals surface area contributed by atoms with Crippen LogP contribution in [-0.2, 0) is 21.2 Å². The molecule has 1 atom stereocenters. The van der Waals surface area contributed by atoms with Crippen molar-refractivity contribution in [3.63, 3.8) is 0 Å². The van der Waals surface area contributed by atoms with Gasteiger partial charge in [0, 0.05) is 43.9 Å². The molecular formula is C17H27N3O4S. The minimum absolute atomic E-state index is 0.0192. The summed E-state index contributed by atoms with van der Waals surface area (Å²) in [4.78, 5) is 25.6. The Balaban J connectivity index is 1.65. The van der Waals surface area contributed by atoms with Gasteiger partial charge in [-0.2, -0.15) is 0 Å². The van der Waals surface area contributed by atoms with E-state index in [4.69, 9.17) is 0 Å². The molecule has 8 heteroatoms. The van der Waals surface area contributed by atoms with Crippen molar-refractivity contribution < 1.29 is 13.2 Å². The zero-order valence-corrected chi connectivity index (χ0v) is 15.7. The van der Waals surface area contributed by atoms with Gasteiger partial charge in [-0.3, -0.25) is 9.59 Å². The largest absolute Gasteiger partial charge is 0.356 e. The molecule has 1 saturated heterocycles. The molecule has 25 heavy (non-hydrogen) atoms. The Morgan fingerprint density at radius 3 is 2.80 bits per heavy atom. The average Bonchev–Trinajstić information content (AvgIpc) is 2.91. The number of carbonyl (C=O) groups excluding carboxylic acids is 1. The summed E-state index contributed by atoms with van der Waals surface area (Å²) in [5.41, 5.74) is 0.881. The Hall–Kier alpha value is -1.67. The van der Waals surface area contributed by atoms with Gasteiger partial charge in [-0.05, 0) is 32.9 Å². The minimum Gasteiger partial charge on any atom is -0.356 e. The molecular weight excluding hydrogens is 342 g/mol. The second-order valence-corrected chi connectivity index (χ2v) is 8.88. The first-order valence-corrected chi connectivity index (χ1v) is 10.4. The summed E-state index contributed by atoms with van der Waals surface area (Å²) < 4.78 is 24.7.